The summed E-state index contributed by atoms with van der Waals surface area (Å²) in [6.07, 6.45) is 1.09. The van der Waals surface area contributed by atoms with Gasteiger partial charge in [0.15, 0.2) is 0 Å². The molecule has 1 aliphatic heterocycles. The van der Waals surface area contributed by atoms with Gasteiger partial charge < -0.3 is 9.84 Å². The Labute approximate surface area is 147 Å². The van der Waals surface area contributed by atoms with Crippen molar-refractivity contribution in [3.63, 3.8) is 0 Å². The van der Waals surface area contributed by atoms with Gasteiger partial charge in [-0.3, -0.25) is 4.79 Å². The van der Waals surface area contributed by atoms with Gasteiger partial charge in [0, 0.05) is 19.3 Å². The van der Waals surface area contributed by atoms with Gasteiger partial charge in [0.1, 0.15) is 11.6 Å². The Balaban J connectivity index is 1.81. The molecule has 1 heterocycles. The predicted molar refractivity (Wildman–Crippen MR) is 94.0 cm³/mol. The summed E-state index contributed by atoms with van der Waals surface area (Å²) in [4.78, 5) is 11.9. The van der Waals surface area contributed by atoms with E-state index in [-0.39, 0.29) is 31.0 Å². The summed E-state index contributed by atoms with van der Waals surface area (Å²) in [6.45, 7) is 1.92. The van der Waals surface area contributed by atoms with Crippen LogP contribution in [0.4, 0.5) is 4.39 Å². The van der Waals surface area contributed by atoms with Crippen LogP contribution in [0.2, 0.25) is 0 Å². The van der Waals surface area contributed by atoms with E-state index in [1.165, 1.54) is 11.6 Å². The maximum Gasteiger partial charge on any atom is 0.138 e. The molecule has 1 N–H and O–H groups in total. The van der Waals surface area contributed by atoms with Crippen LogP contribution in [0.15, 0.2) is 42.5 Å². The quantitative estimate of drug-likeness (QED) is 0.900. The van der Waals surface area contributed by atoms with Crippen molar-refractivity contribution in [2.24, 2.45) is 0 Å². The number of ketones is 1. The zero-order valence-corrected chi connectivity index (χ0v) is 14.4. The molecule has 0 radical (unpaired) electrons. The summed E-state index contributed by atoms with van der Waals surface area (Å²) in [5, 5.41) is 9.27. The van der Waals surface area contributed by atoms with Crippen molar-refractivity contribution in [1.29, 1.82) is 0 Å². The van der Waals surface area contributed by atoms with Crippen molar-refractivity contribution in [3.8, 4) is 0 Å². The second kappa shape index (κ2) is 7.89. The number of carbonyl (C=O) groups is 1. The molecule has 25 heavy (non-hydrogen) atoms. The Bertz CT molecular complexity index is 739. The summed E-state index contributed by atoms with van der Waals surface area (Å²) < 4.78 is 20.0. The van der Waals surface area contributed by atoms with E-state index in [1.807, 2.05) is 12.1 Å². The molecule has 0 unspecified atom stereocenters. The van der Waals surface area contributed by atoms with E-state index in [0.29, 0.717) is 12.0 Å². The molecule has 0 amide bonds. The number of aryl methyl sites for hydroxylation is 1. The molecule has 132 valence electrons. The number of hydrogen-bond acceptors (Lipinski definition) is 3. The van der Waals surface area contributed by atoms with E-state index in [2.05, 4.69) is 19.1 Å². The number of carbonyl (C=O) groups excluding carboxylic acids is 1. The molecule has 3 rings (SSSR count). The molecule has 0 bridgehead atoms. The maximum atomic E-state index is 14.2. The first-order valence-electron chi connectivity index (χ1n) is 8.73. The highest BCUT2D eigenvalue weighted by atomic mass is 19.1. The molecule has 2 aromatic carbocycles. The van der Waals surface area contributed by atoms with Gasteiger partial charge in [-0.15, -0.1) is 0 Å². The second-order valence-corrected chi connectivity index (χ2v) is 6.57. The lowest BCUT2D eigenvalue weighted by molar-refractivity contribution is -0.139. The van der Waals surface area contributed by atoms with Gasteiger partial charge in [-0.25, -0.2) is 4.39 Å². The third-order valence-electron chi connectivity index (χ3n) is 4.70. The Morgan fingerprint density at radius 3 is 2.52 bits per heavy atom. The fraction of sp³-hybridized carbons (Fsp3) is 0.381. The maximum absolute atomic E-state index is 14.2. The molecule has 2 atom stereocenters. The minimum atomic E-state index is -0.471. The summed E-state index contributed by atoms with van der Waals surface area (Å²) in [5.41, 5.74) is 3.67. The van der Waals surface area contributed by atoms with E-state index < -0.39 is 12.2 Å². The van der Waals surface area contributed by atoms with Crippen molar-refractivity contribution >= 4 is 5.78 Å². The number of aliphatic hydroxyl groups excluding tert-OH is 1. The zero-order chi connectivity index (χ0) is 17.8. The Kier molecular flexibility index (Phi) is 5.61. The number of rotatable bonds is 5. The standard InChI is InChI=1S/C21H23FO3/c1-2-14-3-5-15(6-4-14)9-17-10-16(7-8-20(17)22)21-12-18(24)11-19(13-23)25-21/h3-8,10,19,21,23H,2,9,11-13H2,1H3/t19-,21+/m0/s1. The van der Waals surface area contributed by atoms with Gasteiger partial charge in [-0.1, -0.05) is 37.3 Å². The van der Waals surface area contributed by atoms with Crippen molar-refractivity contribution in [2.45, 2.75) is 44.8 Å². The highest BCUT2D eigenvalue weighted by molar-refractivity contribution is 5.80. The Morgan fingerprint density at radius 1 is 1.12 bits per heavy atom. The monoisotopic (exact) mass is 342 g/mol. The number of benzene rings is 2. The molecule has 1 aliphatic rings. The Hall–Kier alpha value is -2.04. The summed E-state index contributed by atoms with van der Waals surface area (Å²) in [5.74, 6) is -0.194. The normalized spacial score (nSPS) is 20.7. The van der Waals surface area contributed by atoms with Crippen LogP contribution in [0.5, 0.6) is 0 Å². The lowest BCUT2D eigenvalue weighted by Gasteiger charge is -2.28. The molecule has 0 aliphatic carbocycles. The van der Waals surface area contributed by atoms with Gasteiger partial charge in [-0.2, -0.15) is 0 Å². The molecular weight excluding hydrogens is 319 g/mol. The zero-order valence-electron chi connectivity index (χ0n) is 14.4. The van der Waals surface area contributed by atoms with Crippen molar-refractivity contribution in [3.05, 3.63) is 70.5 Å². The van der Waals surface area contributed by atoms with E-state index in [0.717, 1.165) is 17.5 Å². The molecular formula is C21H23FO3. The van der Waals surface area contributed by atoms with Crippen molar-refractivity contribution in [2.75, 3.05) is 6.61 Å². The molecule has 0 spiro atoms. The molecule has 0 aromatic heterocycles. The molecule has 1 fully saturated rings. The summed E-state index contributed by atoms with van der Waals surface area (Å²) in [7, 11) is 0. The van der Waals surface area contributed by atoms with Crippen LogP contribution >= 0.6 is 0 Å². The molecule has 4 heteroatoms. The van der Waals surface area contributed by atoms with E-state index in [1.54, 1.807) is 12.1 Å². The van der Waals surface area contributed by atoms with Crippen LogP contribution in [0.3, 0.4) is 0 Å². The van der Waals surface area contributed by atoms with Crippen molar-refractivity contribution < 1.29 is 19.0 Å². The first-order chi connectivity index (χ1) is 12.1. The highest BCUT2D eigenvalue weighted by Gasteiger charge is 2.28. The van der Waals surface area contributed by atoms with E-state index in [9.17, 15) is 14.3 Å². The smallest absolute Gasteiger partial charge is 0.138 e. The number of ether oxygens (including phenoxy) is 1. The SMILES string of the molecule is CCc1ccc(Cc2cc([C@H]3CC(=O)C[C@@H](CO)O3)ccc2F)cc1. The molecule has 0 saturated carbocycles. The van der Waals surface area contributed by atoms with Crippen LogP contribution in [-0.2, 0) is 22.4 Å². The number of halogens is 1. The first kappa shape index (κ1) is 17.8. The lowest BCUT2D eigenvalue weighted by Crippen LogP contribution is -2.31. The lowest BCUT2D eigenvalue weighted by atomic mass is 9.94. The van der Waals surface area contributed by atoms with Crippen LogP contribution in [-0.4, -0.2) is 23.6 Å². The third kappa shape index (κ3) is 4.33. The van der Waals surface area contributed by atoms with Crippen LogP contribution < -0.4 is 0 Å². The minimum Gasteiger partial charge on any atom is -0.394 e. The average molecular weight is 342 g/mol. The third-order valence-corrected chi connectivity index (χ3v) is 4.70. The minimum absolute atomic E-state index is 0.0660. The van der Waals surface area contributed by atoms with Crippen LogP contribution in [0.1, 0.15) is 48.1 Å². The largest absolute Gasteiger partial charge is 0.394 e. The van der Waals surface area contributed by atoms with Crippen molar-refractivity contribution in [1.82, 2.24) is 0 Å². The topological polar surface area (TPSA) is 46.5 Å². The van der Waals surface area contributed by atoms with E-state index >= 15 is 0 Å². The second-order valence-electron chi connectivity index (χ2n) is 6.57. The predicted octanol–water partition coefficient (Wildman–Crippen LogP) is 3.76. The van der Waals surface area contributed by atoms with Gasteiger partial charge in [0.05, 0.1) is 18.8 Å². The van der Waals surface area contributed by atoms with Crippen LogP contribution in [0, 0.1) is 5.82 Å². The van der Waals surface area contributed by atoms with Gasteiger partial charge in [0.2, 0.25) is 0 Å². The molecule has 1 saturated heterocycles. The average Bonchev–Trinajstić information content (AvgIpc) is 2.63. The van der Waals surface area contributed by atoms with Gasteiger partial charge in [0.25, 0.3) is 0 Å². The highest BCUT2D eigenvalue weighted by Crippen LogP contribution is 2.30. The molecule has 2 aromatic rings. The fourth-order valence-electron chi connectivity index (χ4n) is 3.22. The van der Waals surface area contributed by atoms with E-state index in [4.69, 9.17) is 4.74 Å². The number of aliphatic hydroxyl groups is 1. The Morgan fingerprint density at radius 2 is 1.84 bits per heavy atom. The summed E-state index contributed by atoms with van der Waals surface area (Å²) >= 11 is 0. The number of Topliss-reactive ketones (excluding diaryl/α,β-unsaturated/α-hetero) is 1. The number of hydrogen-bond donors (Lipinski definition) is 1. The van der Waals surface area contributed by atoms with Gasteiger partial charge >= 0.3 is 0 Å². The van der Waals surface area contributed by atoms with Gasteiger partial charge in [-0.05, 0) is 40.8 Å². The molecule has 3 nitrogen and oxygen atoms in total. The fourth-order valence-corrected chi connectivity index (χ4v) is 3.22. The summed E-state index contributed by atoms with van der Waals surface area (Å²) in [6, 6.07) is 13.0. The first-order valence-corrected chi connectivity index (χ1v) is 8.73. The van der Waals surface area contributed by atoms with Crippen LogP contribution in [0.25, 0.3) is 0 Å².